The van der Waals surface area contributed by atoms with Gasteiger partial charge in [-0.2, -0.15) is 4.31 Å². The van der Waals surface area contributed by atoms with Gasteiger partial charge >= 0.3 is 0 Å². The van der Waals surface area contributed by atoms with Crippen LogP contribution in [-0.4, -0.2) is 43.9 Å². The van der Waals surface area contributed by atoms with Crippen LogP contribution in [0.25, 0.3) is 0 Å². The molecule has 0 saturated heterocycles. The Morgan fingerprint density at radius 2 is 1.39 bits per heavy atom. The normalized spacial score (nSPS) is 12.6. The summed E-state index contributed by atoms with van der Waals surface area (Å²) < 4.78 is 38.1. The standard InChI is InChI=1S/C21H27NO5S/c1-4-5-21(16-23)28(24,25)22(14-17-6-10-19(26-2)11-7-17)15-18-8-12-20(27-3)13-9-18/h4,6-13,21,23H,1,5,14-16H2,2-3H3/t21-/m1/s1. The molecule has 0 unspecified atom stereocenters. The molecule has 0 aliphatic rings. The van der Waals surface area contributed by atoms with Gasteiger partial charge in [0.2, 0.25) is 10.0 Å². The van der Waals surface area contributed by atoms with Gasteiger partial charge in [0.15, 0.2) is 0 Å². The lowest BCUT2D eigenvalue weighted by Crippen LogP contribution is -2.39. The van der Waals surface area contributed by atoms with Gasteiger partial charge in [0.05, 0.1) is 20.8 Å². The first-order valence-electron chi connectivity index (χ1n) is 8.91. The number of ether oxygens (including phenoxy) is 2. The van der Waals surface area contributed by atoms with Gasteiger partial charge < -0.3 is 14.6 Å². The van der Waals surface area contributed by atoms with Crippen molar-refractivity contribution in [3.05, 3.63) is 72.3 Å². The van der Waals surface area contributed by atoms with E-state index in [2.05, 4.69) is 6.58 Å². The third-order valence-corrected chi connectivity index (χ3v) is 6.61. The maximum Gasteiger partial charge on any atom is 0.220 e. The van der Waals surface area contributed by atoms with Crippen LogP contribution < -0.4 is 9.47 Å². The first-order chi connectivity index (χ1) is 13.4. The average molecular weight is 406 g/mol. The van der Waals surface area contributed by atoms with Crippen LogP contribution in [0.5, 0.6) is 11.5 Å². The molecule has 0 heterocycles. The zero-order chi connectivity index (χ0) is 20.6. The molecule has 0 radical (unpaired) electrons. The fourth-order valence-corrected chi connectivity index (χ4v) is 4.44. The molecule has 1 N–H and O–H groups in total. The van der Waals surface area contributed by atoms with Crippen molar-refractivity contribution in [3.63, 3.8) is 0 Å². The summed E-state index contributed by atoms with van der Waals surface area (Å²) in [6, 6.07) is 14.5. The number of nitrogens with zero attached hydrogens (tertiary/aromatic N) is 1. The molecule has 2 aromatic carbocycles. The van der Waals surface area contributed by atoms with E-state index in [4.69, 9.17) is 9.47 Å². The smallest absolute Gasteiger partial charge is 0.220 e. The molecular formula is C21H27NO5S. The molecule has 0 spiro atoms. The minimum Gasteiger partial charge on any atom is -0.497 e. The number of benzene rings is 2. The molecule has 0 aromatic heterocycles. The molecule has 7 heteroatoms. The highest BCUT2D eigenvalue weighted by atomic mass is 32.2. The Morgan fingerprint density at radius 3 is 1.71 bits per heavy atom. The van der Waals surface area contributed by atoms with E-state index < -0.39 is 21.9 Å². The molecular weight excluding hydrogens is 378 g/mol. The first kappa shape index (κ1) is 21.9. The van der Waals surface area contributed by atoms with Crippen molar-refractivity contribution in [2.24, 2.45) is 0 Å². The minimum absolute atomic E-state index is 0.181. The fraction of sp³-hybridized carbons (Fsp3) is 0.333. The first-order valence-corrected chi connectivity index (χ1v) is 10.4. The Balaban J connectivity index is 2.33. The van der Waals surface area contributed by atoms with E-state index in [-0.39, 0.29) is 19.5 Å². The second-order valence-corrected chi connectivity index (χ2v) is 8.55. The van der Waals surface area contributed by atoms with Crippen molar-refractivity contribution in [2.45, 2.75) is 24.8 Å². The number of hydrogen-bond donors (Lipinski definition) is 1. The molecule has 0 saturated carbocycles. The summed E-state index contributed by atoms with van der Waals surface area (Å²) in [5.41, 5.74) is 1.65. The molecule has 2 aromatic rings. The summed E-state index contributed by atoms with van der Waals surface area (Å²) in [7, 11) is -0.594. The van der Waals surface area contributed by atoms with E-state index in [0.717, 1.165) is 11.1 Å². The van der Waals surface area contributed by atoms with Crippen LogP contribution in [0, 0.1) is 0 Å². The SMILES string of the molecule is C=CC[C@H](CO)S(=O)(=O)N(Cc1ccc(OC)cc1)Cc1ccc(OC)cc1. The number of methoxy groups -OCH3 is 2. The van der Waals surface area contributed by atoms with E-state index in [0.29, 0.717) is 11.5 Å². The van der Waals surface area contributed by atoms with Crippen molar-refractivity contribution in [3.8, 4) is 11.5 Å². The third kappa shape index (κ3) is 5.58. The maximum absolute atomic E-state index is 13.2. The van der Waals surface area contributed by atoms with E-state index in [1.165, 1.54) is 10.4 Å². The molecule has 152 valence electrons. The van der Waals surface area contributed by atoms with Gasteiger partial charge in [-0.1, -0.05) is 30.3 Å². The highest BCUT2D eigenvalue weighted by Gasteiger charge is 2.31. The molecule has 0 bridgehead atoms. The van der Waals surface area contributed by atoms with Crippen LogP contribution >= 0.6 is 0 Å². The van der Waals surface area contributed by atoms with Crippen LogP contribution in [0.1, 0.15) is 17.5 Å². The average Bonchev–Trinajstić information content (AvgIpc) is 2.72. The highest BCUT2D eigenvalue weighted by molar-refractivity contribution is 7.89. The van der Waals surface area contributed by atoms with Crippen molar-refractivity contribution < 1.29 is 23.0 Å². The minimum atomic E-state index is -3.75. The molecule has 2 rings (SSSR count). The van der Waals surface area contributed by atoms with Gasteiger partial charge in [-0.05, 0) is 41.8 Å². The Hall–Kier alpha value is -2.35. The lowest BCUT2D eigenvalue weighted by molar-refractivity contribution is 0.281. The maximum atomic E-state index is 13.2. The highest BCUT2D eigenvalue weighted by Crippen LogP contribution is 2.22. The van der Waals surface area contributed by atoms with Crippen LogP contribution in [-0.2, 0) is 23.1 Å². The topological polar surface area (TPSA) is 76.1 Å². The Morgan fingerprint density at radius 1 is 0.964 bits per heavy atom. The predicted octanol–water partition coefficient (Wildman–Crippen LogP) is 2.97. The van der Waals surface area contributed by atoms with Crippen molar-refractivity contribution in [1.82, 2.24) is 4.31 Å². The van der Waals surface area contributed by atoms with Gasteiger partial charge in [-0.25, -0.2) is 8.42 Å². The summed E-state index contributed by atoms with van der Waals surface area (Å²) in [6.07, 6.45) is 1.69. The molecule has 28 heavy (non-hydrogen) atoms. The second kappa shape index (κ2) is 10.3. The van der Waals surface area contributed by atoms with Crippen molar-refractivity contribution in [1.29, 1.82) is 0 Å². The lowest BCUT2D eigenvalue weighted by Gasteiger charge is -2.26. The quantitative estimate of drug-likeness (QED) is 0.582. The van der Waals surface area contributed by atoms with E-state index in [1.54, 1.807) is 38.5 Å². The Bertz CT molecular complexity index is 798. The zero-order valence-corrected chi connectivity index (χ0v) is 17.1. The van der Waals surface area contributed by atoms with Gasteiger partial charge in [0.25, 0.3) is 0 Å². The number of aliphatic hydroxyl groups excluding tert-OH is 1. The summed E-state index contributed by atoms with van der Waals surface area (Å²) in [5, 5.41) is 8.69. The van der Waals surface area contributed by atoms with Crippen molar-refractivity contribution >= 4 is 10.0 Å². The summed E-state index contributed by atoms with van der Waals surface area (Å²) in [6.45, 7) is 3.52. The summed E-state index contributed by atoms with van der Waals surface area (Å²) in [5.74, 6) is 1.40. The van der Waals surface area contributed by atoms with Gasteiger partial charge in [-0.15, -0.1) is 6.58 Å². The predicted molar refractivity (Wildman–Crippen MR) is 110 cm³/mol. The largest absolute Gasteiger partial charge is 0.497 e. The van der Waals surface area contributed by atoms with Crippen LogP contribution in [0.4, 0.5) is 0 Å². The number of sulfonamides is 1. The van der Waals surface area contributed by atoms with Crippen molar-refractivity contribution in [2.75, 3.05) is 20.8 Å². The monoisotopic (exact) mass is 405 g/mol. The summed E-state index contributed by atoms with van der Waals surface area (Å²) >= 11 is 0. The van der Waals surface area contributed by atoms with E-state index in [9.17, 15) is 13.5 Å². The van der Waals surface area contributed by atoms with E-state index in [1.807, 2.05) is 24.3 Å². The van der Waals surface area contributed by atoms with E-state index >= 15 is 0 Å². The molecule has 0 aliphatic carbocycles. The van der Waals surface area contributed by atoms with Gasteiger partial charge in [0, 0.05) is 13.1 Å². The Labute approximate surface area is 167 Å². The molecule has 0 fully saturated rings. The number of aliphatic hydroxyl groups is 1. The fourth-order valence-electron chi connectivity index (χ4n) is 2.79. The lowest BCUT2D eigenvalue weighted by atomic mass is 10.2. The second-order valence-electron chi connectivity index (χ2n) is 6.34. The van der Waals surface area contributed by atoms with Gasteiger partial charge in [-0.3, -0.25) is 0 Å². The number of allylic oxidation sites excluding steroid dienone is 1. The number of rotatable bonds is 11. The molecule has 6 nitrogen and oxygen atoms in total. The molecule has 0 amide bonds. The number of hydrogen-bond acceptors (Lipinski definition) is 5. The van der Waals surface area contributed by atoms with Crippen LogP contribution in [0.3, 0.4) is 0 Å². The van der Waals surface area contributed by atoms with Crippen LogP contribution in [0.15, 0.2) is 61.2 Å². The molecule has 1 atom stereocenters. The van der Waals surface area contributed by atoms with Crippen LogP contribution in [0.2, 0.25) is 0 Å². The molecule has 0 aliphatic heterocycles. The third-order valence-electron chi connectivity index (χ3n) is 4.45. The zero-order valence-electron chi connectivity index (χ0n) is 16.2. The van der Waals surface area contributed by atoms with Gasteiger partial charge in [0.1, 0.15) is 16.7 Å². The Kier molecular flexibility index (Phi) is 8.04. The summed E-state index contributed by atoms with van der Waals surface area (Å²) in [4.78, 5) is 0.